The van der Waals surface area contributed by atoms with Crippen LogP contribution in [0.4, 0.5) is 5.69 Å². The fourth-order valence-electron chi connectivity index (χ4n) is 2.57. The molecule has 0 saturated carbocycles. The van der Waals surface area contributed by atoms with Gasteiger partial charge in [0.25, 0.3) is 0 Å². The molecular formula is C18H20N2O5S2. The van der Waals surface area contributed by atoms with Crippen LogP contribution in [-0.4, -0.2) is 33.3 Å². The number of aryl methyl sites for hydroxylation is 1. The fraction of sp³-hybridized carbons (Fsp3) is 0.278. The molecule has 0 atom stereocenters. The van der Waals surface area contributed by atoms with Gasteiger partial charge in [-0.15, -0.1) is 11.8 Å². The molecule has 0 unspecified atom stereocenters. The van der Waals surface area contributed by atoms with Crippen molar-refractivity contribution in [1.82, 2.24) is 0 Å². The molecule has 7 nitrogen and oxygen atoms in total. The second-order valence-electron chi connectivity index (χ2n) is 6.10. The summed E-state index contributed by atoms with van der Waals surface area (Å²) in [6.45, 7) is 4.61. The summed E-state index contributed by atoms with van der Waals surface area (Å²) in [5.41, 5.74) is 1.96. The maximum atomic E-state index is 12.3. The number of benzene rings is 2. The average Bonchev–Trinajstić information content (AvgIpc) is 2.62. The van der Waals surface area contributed by atoms with Crippen LogP contribution in [0.5, 0.6) is 11.5 Å². The zero-order valence-electron chi connectivity index (χ0n) is 14.9. The molecule has 0 aliphatic carbocycles. The number of carbonyl (C=O) groups is 1. The zero-order valence-corrected chi connectivity index (χ0v) is 16.6. The molecule has 0 aromatic heterocycles. The standard InChI is InChI=1S/C18H20N2O5S2/c1-11-7-14(27(19,22)23)9-15(12(11)2)20-18(21)10-26-13-3-4-16-17(8-13)25-6-5-24-16/h3-4,7-9H,5-6,10H2,1-2H3,(H,20,21)(H2,19,22,23). The topological polar surface area (TPSA) is 108 Å². The van der Waals surface area contributed by atoms with Gasteiger partial charge in [-0.3, -0.25) is 4.79 Å². The van der Waals surface area contributed by atoms with Crippen molar-refractivity contribution in [2.45, 2.75) is 23.6 Å². The SMILES string of the molecule is Cc1cc(S(N)(=O)=O)cc(NC(=O)CSc2ccc3c(c2)OCCO3)c1C. The van der Waals surface area contributed by atoms with Crippen molar-refractivity contribution >= 4 is 33.4 Å². The summed E-state index contributed by atoms with van der Waals surface area (Å²) in [7, 11) is -3.85. The number of sulfonamides is 1. The van der Waals surface area contributed by atoms with Gasteiger partial charge in [0.15, 0.2) is 11.5 Å². The number of thioether (sulfide) groups is 1. The predicted molar refractivity (Wildman–Crippen MR) is 104 cm³/mol. The van der Waals surface area contributed by atoms with E-state index in [4.69, 9.17) is 14.6 Å². The van der Waals surface area contributed by atoms with Crippen molar-refractivity contribution in [3.63, 3.8) is 0 Å². The first-order chi connectivity index (χ1) is 12.7. The van der Waals surface area contributed by atoms with Crippen LogP contribution in [0, 0.1) is 13.8 Å². The quantitative estimate of drug-likeness (QED) is 0.736. The lowest BCUT2D eigenvalue weighted by molar-refractivity contribution is -0.113. The van der Waals surface area contributed by atoms with E-state index < -0.39 is 10.0 Å². The number of nitrogens with two attached hydrogens (primary N) is 1. The molecule has 9 heteroatoms. The molecule has 3 rings (SSSR count). The Morgan fingerprint density at radius 3 is 2.56 bits per heavy atom. The molecular weight excluding hydrogens is 388 g/mol. The molecule has 0 radical (unpaired) electrons. The predicted octanol–water partition coefficient (Wildman–Crippen LogP) is 2.45. The van der Waals surface area contributed by atoms with Crippen LogP contribution in [0.3, 0.4) is 0 Å². The van der Waals surface area contributed by atoms with Crippen molar-refractivity contribution in [3.8, 4) is 11.5 Å². The number of anilines is 1. The van der Waals surface area contributed by atoms with Gasteiger partial charge < -0.3 is 14.8 Å². The van der Waals surface area contributed by atoms with Crippen molar-refractivity contribution in [2.75, 3.05) is 24.3 Å². The minimum absolute atomic E-state index is 0.0274. The zero-order chi connectivity index (χ0) is 19.6. The Morgan fingerprint density at radius 1 is 1.15 bits per heavy atom. The largest absolute Gasteiger partial charge is 0.486 e. The van der Waals surface area contributed by atoms with Crippen molar-refractivity contribution in [3.05, 3.63) is 41.5 Å². The molecule has 0 saturated heterocycles. The summed E-state index contributed by atoms with van der Waals surface area (Å²) in [5, 5.41) is 7.96. The van der Waals surface area contributed by atoms with Crippen LogP contribution < -0.4 is 19.9 Å². The molecule has 1 heterocycles. The Bertz CT molecular complexity index is 989. The van der Waals surface area contributed by atoms with Crippen LogP contribution in [0.15, 0.2) is 40.1 Å². The third-order valence-corrected chi connectivity index (χ3v) is 6.01. The van der Waals surface area contributed by atoms with Crippen molar-refractivity contribution < 1.29 is 22.7 Å². The second-order valence-corrected chi connectivity index (χ2v) is 8.71. The first kappa shape index (κ1) is 19.5. The number of hydrogen-bond acceptors (Lipinski definition) is 6. The van der Waals surface area contributed by atoms with E-state index in [0.717, 1.165) is 16.0 Å². The molecule has 1 amide bonds. The van der Waals surface area contributed by atoms with Gasteiger partial charge in [0, 0.05) is 10.6 Å². The van der Waals surface area contributed by atoms with E-state index in [9.17, 15) is 13.2 Å². The maximum Gasteiger partial charge on any atom is 0.238 e. The number of amides is 1. The number of nitrogens with one attached hydrogen (secondary N) is 1. The molecule has 0 bridgehead atoms. The summed E-state index contributed by atoms with van der Waals surface area (Å²) in [5.74, 6) is 1.28. The number of ether oxygens (including phenoxy) is 2. The minimum Gasteiger partial charge on any atom is -0.486 e. The summed E-state index contributed by atoms with van der Waals surface area (Å²) in [4.78, 5) is 13.2. The summed E-state index contributed by atoms with van der Waals surface area (Å²) >= 11 is 1.35. The molecule has 0 fully saturated rings. The number of primary sulfonamides is 1. The summed E-state index contributed by atoms with van der Waals surface area (Å²) in [6, 6.07) is 8.39. The van der Waals surface area contributed by atoms with Crippen LogP contribution >= 0.6 is 11.8 Å². The first-order valence-corrected chi connectivity index (χ1v) is 10.7. The van der Waals surface area contributed by atoms with Gasteiger partial charge in [-0.05, 0) is 55.3 Å². The van der Waals surface area contributed by atoms with Gasteiger partial charge >= 0.3 is 0 Å². The van der Waals surface area contributed by atoms with E-state index in [1.165, 1.54) is 23.9 Å². The number of fused-ring (bicyclic) bond motifs is 1. The van der Waals surface area contributed by atoms with Gasteiger partial charge in [0.2, 0.25) is 15.9 Å². The van der Waals surface area contributed by atoms with Gasteiger partial charge in [0.05, 0.1) is 10.6 Å². The maximum absolute atomic E-state index is 12.3. The number of carbonyl (C=O) groups excluding carboxylic acids is 1. The van der Waals surface area contributed by atoms with Crippen LogP contribution in [0.25, 0.3) is 0 Å². The molecule has 0 spiro atoms. The van der Waals surface area contributed by atoms with E-state index in [1.54, 1.807) is 6.92 Å². The lowest BCUT2D eigenvalue weighted by Crippen LogP contribution is -2.17. The normalized spacial score (nSPS) is 13.3. The molecule has 144 valence electrons. The minimum atomic E-state index is -3.85. The highest BCUT2D eigenvalue weighted by atomic mass is 32.2. The molecule has 2 aromatic rings. The Kier molecular flexibility index (Phi) is 5.64. The van der Waals surface area contributed by atoms with E-state index in [0.29, 0.717) is 30.4 Å². The highest BCUT2D eigenvalue weighted by Crippen LogP contribution is 2.34. The molecule has 3 N–H and O–H groups in total. The monoisotopic (exact) mass is 408 g/mol. The second kappa shape index (κ2) is 7.79. The van der Waals surface area contributed by atoms with Gasteiger partial charge in [-0.25, -0.2) is 13.6 Å². The Hall–Kier alpha value is -2.23. The lowest BCUT2D eigenvalue weighted by atomic mass is 10.1. The van der Waals surface area contributed by atoms with Gasteiger partial charge in [-0.1, -0.05) is 0 Å². The molecule has 1 aliphatic heterocycles. The molecule has 1 aliphatic rings. The first-order valence-electron chi connectivity index (χ1n) is 8.20. The van der Waals surface area contributed by atoms with Crippen LogP contribution in [0.2, 0.25) is 0 Å². The Balaban J connectivity index is 1.68. The summed E-state index contributed by atoms with van der Waals surface area (Å²) in [6.07, 6.45) is 0. The molecule has 27 heavy (non-hydrogen) atoms. The third kappa shape index (κ3) is 4.74. The van der Waals surface area contributed by atoms with E-state index >= 15 is 0 Å². The highest BCUT2D eigenvalue weighted by molar-refractivity contribution is 8.00. The lowest BCUT2D eigenvalue weighted by Gasteiger charge is -2.18. The van der Waals surface area contributed by atoms with Crippen molar-refractivity contribution in [2.24, 2.45) is 5.14 Å². The van der Waals surface area contributed by atoms with E-state index in [1.807, 2.05) is 25.1 Å². The van der Waals surface area contributed by atoms with Crippen LogP contribution in [0.1, 0.15) is 11.1 Å². The summed E-state index contributed by atoms with van der Waals surface area (Å²) < 4.78 is 34.2. The Labute approximate surface area is 162 Å². The van der Waals surface area contributed by atoms with Crippen LogP contribution in [-0.2, 0) is 14.8 Å². The van der Waals surface area contributed by atoms with Gasteiger partial charge in [0.1, 0.15) is 13.2 Å². The fourth-order valence-corrected chi connectivity index (χ4v) is 3.92. The smallest absolute Gasteiger partial charge is 0.238 e. The van der Waals surface area contributed by atoms with E-state index in [-0.39, 0.29) is 16.6 Å². The average molecular weight is 409 g/mol. The Morgan fingerprint density at radius 2 is 1.85 bits per heavy atom. The number of hydrogen-bond donors (Lipinski definition) is 2. The van der Waals surface area contributed by atoms with Crippen molar-refractivity contribution in [1.29, 1.82) is 0 Å². The number of rotatable bonds is 5. The highest BCUT2D eigenvalue weighted by Gasteiger charge is 2.15. The molecule has 2 aromatic carbocycles. The van der Waals surface area contributed by atoms with E-state index in [2.05, 4.69) is 5.32 Å². The van der Waals surface area contributed by atoms with Gasteiger partial charge in [-0.2, -0.15) is 0 Å². The third-order valence-electron chi connectivity index (χ3n) is 4.13.